The molecule has 0 aliphatic rings. The Bertz CT molecular complexity index is 1080. The second-order valence-electron chi connectivity index (χ2n) is 5.73. The minimum Gasteiger partial charge on any atom is -0.497 e. The number of hydrogen-bond acceptors (Lipinski definition) is 9. The highest BCUT2D eigenvalue weighted by Crippen LogP contribution is 2.26. The maximum Gasteiger partial charge on any atom is 0.277 e. The number of benzene rings is 2. The summed E-state index contributed by atoms with van der Waals surface area (Å²) in [5.74, 6) is 3.02. The fraction of sp³-hybridized carbons (Fsp3) is 0.158. The zero-order chi connectivity index (χ0) is 20.1. The van der Waals surface area contributed by atoms with Crippen LogP contribution in [0, 0.1) is 0 Å². The number of thioether (sulfide) groups is 1. The third-order valence-electron chi connectivity index (χ3n) is 3.73. The summed E-state index contributed by atoms with van der Waals surface area (Å²) in [6, 6.07) is 14.4. The van der Waals surface area contributed by atoms with E-state index in [1.54, 1.807) is 31.4 Å². The SMILES string of the molecule is COc1cccc(-c2nnc(CSc3nnc(COc4ccc(Cl)cc4)o3)o2)c1. The Morgan fingerprint density at radius 2 is 1.76 bits per heavy atom. The topological polar surface area (TPSA) is 96.3 Å². The number of aromatic nitrogens is 4. The van der Waals surface area contributed by atoms with Gasteiger partial charge in [0.1, 0.15) is 11.5 Å². The highest BCUT2D eigenvalue weighted by molar-refractivity contribution is 7.98. The lowest BCUT2D eigenvalue weighted by molar-refractivity contribution is 0.252. The van der Waals surface area contributed by atoms with Crippen molar-refractivity contribution in [3.8, 4) is 23.0 Å². The summed E-state index contributed by atoms with van der Waals surface area (Å²) in [4.78, 5) is 0. The van der Waals surface area contributed by atoms with Crippen molar-refractivity contribution in [2.45, 2.75) is 17.6 Å². The van der Waals surface area contributed by atoms with Gasteiger partial charge in [-0.15, -0.1) is 20.4 Å². The van der Waals surface area contributed by atoms with Crippen LogP contribution < -0.4 is 9.47 Å². The lowest BCUT2D eigenvalue weighted by atomic mass is 10.2. The van der Waals surface area contributed by atoms with Gasteiger partial charge in [0, 0.05) is 10.6 Å². The highest BCUT2D eigenvalue weighted by Gasteiger charge is 2.13. The van der Waals surface area contributed by atoms with Gasteiger partial charge in [-0.2, -0.15) is 0 Å². The molecular formula is C19H15ClN4O4S. The number of nitrogens with zero attached hydrogens (tertiary/aromatic N) is 4. The lowest BCUT2D eigenvalue weighted by Crippen LogP contribution is -1.95. The monoisotopic (exact) mass is 430 g/mol. The van der Waals surface area contributed by atoms with E-state index in [-0.39, 0.29) is 6.61 Å². The Morgan fingerprint density at radius 1 is 0.931 bits per heavy atom. The molecule has 2 aromatic heterocycles. The van der Waals surface area contributed by atoms with Gasteiger partial charge in [-0.05, 0) is 42.5 Å². The molecule has 0 bridgehead atoms. The van der Waals surface area contributed by atoms with E-state index in [2.05, 4.69) is 20.4 Å². The molecular weight excluding hydrogens is 416 g/mol. The van der Waals surface area contributed by atoms with Gasteiger partial charge in [-0.1, -0.05) is 29.4 Å². The van der Waals surface area contributed by atoms with E-state index in [1.165, 1.54) is 11.8 Å². The number of halogens is 1. The normalized spacial score (nSPS) is 10.8. The average molecular weight is 431 g/mol. The molecule has 0 N–H and O–H groups in total. The third-order valence-corrected chi connectivity index (χ3v) is 4.78. The molecule has 2 heterocycles. The summed E-state index contributed by atoms with van der Waals surface area (Å²) in [6.07, 6.45) is 0. The van der Waals surface area contributed by atoms with Crippen molar-refractivity contribution in [1.82, 2.24) is 20.4 Å². The summed E-state index contributed by atoms with van der Waals surface area (Å²) in [5.41, 5.74) is 0.785. The van der Waals surface area contributed by atoms with Gasteiger partial charge in [-0.25, -0.2) is 0 Å². The molecule has 4 aromatic rings. The number of methoxy groups -OCH3 is 1. The maximum absolute atomic E-state index is 5.85. The summed E-state index contributed by atoms with van der Waals surface area (Å²) in [6.45, 7) is 0.162. The van der Waals surface area contributed by atoms with Crippen molar-refractivity contribution in [3.63, 3.8) is 0 Å². The molecule has 0 saturated heterocycles. The van der Waals surface area contributed by atoms with Crippen LogP contribution in [0.5, 0.6) is 11.5 Å². The molecule has 0 aliphatic heterocycles. The molecule has 0 unspecified atom stereocenters. The Hall–Kier alpha value is -3.04. The van der Waals surface area contributed by atoms with Crippen LogP contribution in [0.2, 0.25) is 5.02 Å². The Morgan fingerprint density at radius 3 is 2.59 bits per heavy atom. The maximum atomic E-state index is 5.85. The van der Waals surface area contributed by atoms with E-state index in [1.807, 2.05) is 24.3 Å². The van der Waals surface area contributed by atoms with Crippen LogP contribution in [0.15, 0.2) is 62.6 Å². The van der Waals surface area contributed by atoms with E-state index in [0.717, 1.165) is 11.3 Å². The molecule has 0 saturated carbocycles. The van der Waals surface area contributed by atoms with Crippen LogP contribution in [0.1, 0.15) is 11.8 Å². The Balaban J connectivity index is 1.32. The van der Waals surface area contributed by atoms with Crippen molar-refractivity contribution >= 4 is 23.4 Å². The molecule has 29 heavy (non-hydrogen) atoms. The van der Waals surface area contributed by atoms with Gasteiger partial charge in [0.2, 0.25) is 11.8 Å². The predicted molar refractivity (Wildman–Crippen MR) is 106 cm³/mol. The van der Waals surface area contributed by atoms with Crippen molar-refractivity contribution in [2.24, 2.45) is 0 Å². The summed E-state index contributed by atoms with van der Waals surface area (Å²) >= 11 is 7.15. The van der Waals surface area contributed by atoms with E-state index < -0.39 is 0 Å². The predicted octanol–water partition coefficient (Wildman–Crippen LogP) is 4.65. The van der Waals surface area contributed by atoms with Crippen LogP contribution in [0.4, 0.5) is 0 Å². The van der Waals surface area contributed by atoms with Crippen LogP contribution in [-0.2, 0) is 12.4 Å². The number of ether oxygens (including phenoxy) is 2. The minimum absolute atomic E-state index is 0.162. The second-order valence-corrected chi connectivity index (χ2v) is 7.09. The van der Waals surface area contributed by atoms with Crippen molar-refractivity contribution in [3.05, 3.63) is 65.3 Å². The summed E-state index contributed by atoms with van der Waals surface area (Å²) in [5, 5.41) is 17.1. The molecule has 0 radical (unpaired) electrons. The first-order valence-electron chi connectivity index (χ1n) is 8.50. The standard InChI is InChI=1S/C19H15ClN4O4S/c1-25-15-4-2-3-12(9-15)18-23-22-17(27-18)11-29-19-24-21-16(28-19)10-26-14-7-5-13(20)6-8-14/h2-9H,10-11H2,1H3. The van der Waals surface area contributed by atoms with Gasteiger partial charge < -0.3 is 18.3 Å². The fourth-order valence-corrected chi connectivity index (χ4v) is 3.08. The van der Waals surface area contributed by atoms with Crippen LogP contribution in [-0.4, -0.2) is 27.5 Å². The average Bonchev–Trinajstić information content (AvgIpc) is 3.41. The first-order chi connectivity index (χ1) is 14.2. The Labute approximate surface area is 175 Å². The highest BCUT2D eigenvalue weighted by atomic mass is 35.5. The molecule has 4 rings (SSSR count). The first-order valence-corrected chi connectivity index (χ1v) is 9.86. The molecule has 2 aromatic carbocycles. The third kappa shape index (κ3) is 5.07. The van der Waals surface area contributed by atoms with Gasteiger partial charge in [-0.3, -0.25) is 0 Å². The molecule has 8 nitrogen and oxygen atoms in total. The van der Waals surface area contributed by atoms with Crippen molar-refractivity contribution < 1.29 is 18.3 Å². The van der Waals surface area contributed by atoms with E-state index in [9.17, 15) is 0 Å². The molecule has 10 heteroatoms. The molecule has 0 fully saturated rings. The summed E-state index contributed by atoms with van der Waals surface area (Å²) in [7, 11) is 1.61. The van der Waals surface area contributed by atoms with Crippen molar-refractivity contribution in [2.75, 3.05) is 7.11 Å². The Kier molecular flexibility index (Phi) is 5.97. The van der Waals surface area contributed by atoms with Gasteiger partial charge >= 0.3 is 0 Å². The van der Waals surface area contributed by atoms with Crippen LogP contribution in [0.25, 0.3) is 11.5 Å². The van der Waals surface area contributed by atoms with Gasteiger partial charge in [0.05, 0.1) is 12.9 Å². The molecule has 148 valence electrons. The molecule has 0 aliphatic carbocycles. The lowest BCUT2D eigenvalue weighted by Gasteiger charge is -2.02. The second kappa shape index (κ2) is 8.97. The van der Waals surface area contributed by atoms with Gasteiger partial charge in [0.15, 0.2) is 6.61 Å². The smallest absolute Gasteiger partial charge is 0.277 e. The quantitative estimate of drug-likeness (QED) is 0.370. The first kappa shape index (κ1) is 19.3. The zero-order valence-corrected chi connectivity index (χ0v) is 16.8. The van der Waals surface area contributed by atoms with Gasteiger partial charge in [0.25, 0.3) is 11.1 Å². The molecule has 0 atom stereocenters. The number of hydrogen-bond donors (Lipinski definition) is 0. The zero-order valence-electron chi connectivity index (χ0n) is 15.2. The fourth-order valence-electron chi connectivity index (χ4n) is 2.34. The van der Waals surface area contributed by atoms with Crippen molar-refractivity contribution in [1.29, 1.82) is 0 Å². The number of rotatable bonds is 8. The molecule has 0 amide bonds. The largest absolute Gasteiger partial charge is 0.497 e. The summed E-state index contributed by atoms with van der Waals surface area (Å²) < 4.78 is 22.0. The van der Waals surface area contributed by atoms with E-state index >= 15 is 0 Å². The van der Waals surface area contributed by atoms with Crippen LogP contribution >= 0.6 is 23.4 Å². The van der Waals surface area contributed by atoms with E-state index in [4.69, 9.17) is 29.9 Å². The molecule has 0 spiro atoms. The minimum atomic E-state index is 0.162. The van der Waals surface area contributed by atoms with E-state index in [0.29, 0.717) is 39.4 Å². The van der Waals surface area contributed by atoms with Crippen LogP contribution in [0.3, 0.4) is 0 Å².